The maximum Gasteiger partial charge on any atom is 0.335 e. The van der Waals surface area contributed by atoms with E-state index in [2.05, 4.69) is 109 Å². The molecule has 0 bridgehead atoms. The summed E-state index contributed by atoms with van der Waals surface area (Å²) in [5, 5.41) is 37.4. The topological polar surface area (TPSA) is 167 Å². The molecule has 14 heteroatoms. The lowest BCUT2D eigenvalue weighted by Gasteiger charge is -2.20. The number of carbonyl (C=O) groups is 1. The van der Waals surface area contributed by atoms with E-state index >= 15 is 0 Å². The lowest BCUT2D eigenvalue weighted by atomic mass is 10.0. The molecule has 3 atom stereocenters. The van der Waals surface area contributed by atoms with E-state index in [9.17, 15) is 9.90 Å². The monoisotopic (exact) mass is 1390 g/mol. The molecule has 3 unspecified atom stereocenters. The van der Waals surface area contributed by atoms with Crippen molar-refractivity contribution in [1.82, 2.24) is 0 Å². The third-order valence-electron chi connectivity index (χ3n) is 18.5. The second-order valence-corrected chi connectivity index (χ2v) is 27.3. The van der Waals surface area contributed by atoms with E-state index in [1.54, 1.807) is 12.1 Å². The van der Waals surface area contributed by atoms with Crippen molar-refractivity contribution in [2.24, 2.45) is 30.7 Å². The van der Waals surface area contributed by atoms with Crippen LogP contribution >= 0.6 is 0 Å². The molecule has 0 aliphatic rings. The minimum atomic E-state index is -1.06. The fourth-order valence-electron chi connectivity index (χ4n) is 12.3. The van der Waals surface area contributed by atoms with Crippen molar-refractivity contribution in [3.8, 4) is 34.5 Å². The van der Waals surface area contributed by atoms with Crippen molar-refractivity contribution >= 4 is 40.1 Å². The molecule has 7 aromatic carbocycles. The Morgan fingerprint density at radius 2 is 0.559 bits per heavy atom. The Morgan fingerprint density at radius 3 is 0.824 bits per heavy atom. The quantitative estimate of drug-likeness (QED) is 0.0290. The molecule has 0 saturated carbocycles. The molecule has 0 aliphatic carbocycles. The smallest absolute Gasteiger partial charge is 0.335 e. The minimum absolute atomic E-state index is 0.0733. The zero-order valence-electron chi connectivity index (χ0n) is 62.7. The van der Waals surface area contributed by atoms with Gasteiger partial charge in [0.25, 0.3) is 0 Å². The second kappa shape index (κ2) is 49.3. The molecule has 14 nitrogen and oxygen atoms in total. The summed E-state index contributed by atoms with van der Waals surface area (Å²) in [5.74, 6) is 2.64. The van der Waals surface area contributed by atoms with Crippen LogP contribution in [0.3, 0.4) is 0 Å². The predicted octanol–water partition coefficient (Wildman–Crippen LogP) is 27.6. The number of nitrogens with zero attached hydrogens (tertiary/aromatic N) is 6. The highest BCUT2D eigenvalue weighted by Gasteiger charge is 2.21. The number of aromatic carboxylic acids is 1. The number of hydrogen-bond acceptors (Lipinski definition) is 13. The van der Waals surface area contributed by atoms with Crippen molar-refractivity contribution in [2.45, 2.75) is 272 Å². The van der Waals surface area contributed by atoms with Gasteiger partial charge in [0.15, 0.2) is 11.5 Å². The third-order valence-corrected chi connectivity index (χ3v) is 18.5. The molecular formula is C88H120N6O8. The fraction of sp³-hybridized carbons (Fsp3) is 0.511. The lowest BCUT2D eigenvalue weighted by Crippen LogP contribution is -2.16. The number of ether oxygens (including phenoxy) is 6. The van der Waals surface area contributed by atoms with E-state index in [-0.39, 0.29) is 23.9 Å². The number of benzene rings is 7. The van der Waals surface area contributed by atoms with Gasteiger partial charge in [-0.1, -0.05) is 155 Å². The van der Waals surface area contributed by atoms with Crippen LogP contribution in [0.4, 0.5) is 34.1 Å². The molecule has 0 aromatic heterocycles. The summed E-state index contributed by atoms with van der Waals surface area (Å²) in [7, 11) is 0. The highest BCUT2D eigenvalue weighted by Crippen LogP contribution is 2.40. The minimum Gasteiger partial charge on any atom is -0.490 e. The Kier molecular flexibility index (Phi) is 39.1. The van der Waals surface area contributed by atoms with Crippen LogP contribution < -0.4 is 28.4 Å². The van der Waals surface area contributed by atoms with Gasteiger partial charge in [0.05, 0.1) is 77.8 Å². The lowest BCUT2D eigenvalue weighted by molar-refractivity contribution is 0.0695. The van der Waals surface area contributed by atoms with Crippen LogP contribution in [-0.4, -0.2) is 49.2 Å². The van der Waals surface area contributed by atoms with Gasteiger partial charge in [0, 0.05) is 0 Å². The Bertz CT molecular complexity index is 3300. The Labute approximate surface area is 612 Å². The number of carboxylic acids is 1. The fourth-order valence-corrected chi connectivity index (χ4v) is 12.3. The van der Waals surface area contributed by atoms with Gasteiger partial charge in [-0.25, -0.2) is 4.79 Å². The van der Waals surface area contributed by atoms with Crippen molar-refractivity contribution in [2.75, 3.05) is 19.8 Å². The van der Waals surface area contributed by atoms with Crippen molar-refractivity contribution < 1.29 is 38.3 Å². The van der Waals surface area contributed by atoms with Crippen LogP contribution in [-0.2, 0) is 19.3 Å². The van der Waals surface area contributed by atoms with Gasteiger partial charge < -0.3 is 33.5 Å². The molecule has 0 amide bonds. The summed E-state index contributed by atoms with van der Waals surface area (Å²) < 4.78 is 39.5. The Hall–Kier alpha value is -8.39. The highest BCUT2D eigenvalue weighted by atomic mass is 16.5. The molecule has 0 saturated heterocycles. The van der Waals surface area contributed by atoms with E-state index in [1.165, 1.54) is 74.5 Å². The van der Waals surface area contributed by atoms with E-state index in [0.717, 1.165) is 205 Å². The molecule has 7 aromatic rings. The normalized spacial score (nSPS) is 12.5. The first-order chi connectivity index (χ1) is 50.1. The number of azo groups is 3. The summed E-state index contributed by atoms with van der Waals surface area (Å²) in [5.41, 5.74) is 8.95. The molecule has 0 spiro atoms. The number of carboxylic acid groups (broad SMARTS) is 1. The molecule has 0 aliphatic heterocycles. The highest BCUT2D eigenvalue weighted by molar-refractivity contribution is 5.89. The van der Waals surface area contributed by atoms with E-state index in [4.69, 9.17) is 28.4 Å². The second-order valence-electron chi connectivity index (χ2n) is 27.3. The third kappa shape index (κ3) is 32.3. The van der Waals surface area contributed by atoms with Gasteiger partial charge in [-0.3, -0.25) is 0 Å². The number of aryl methyl sites for hydroxylation is 3. The van der Waals surface area contributed by atoms with E-state index in [1.807, 2.05) is 109 Å². The van der Waals surface area contributed by atoms with Crippen molar-refractivity contribution in [3.05, 3.63) is 180 Å². The predicted molar refractivity (Wildman–Crippen MR) is 418 cm³/mol. The van der Waals surface area contributed by atoms with Gasteiger partial charge in [0.2, 0.25) is 5.75 Å². The zero-order valence-corrected chi connectivity index (χ0v) is 62.7. The first-order valence-electron chi connectivity index (χ1n) is 39.3. The maximum atomic E-state index is 12.8. The van der Waals surface area contributed by atoms with Gasteiger partial charge in [-0.05, 0) is 273 Å². The maximum absolute atomic E-state index is 12.8. The number of unbranched alkanes of at least 4 members (excludes halogenated alkanes) is 15. The SMILES string of the molecule is CCCCCc1ccc(N=Nc2ccc(OC(CCCC)CCCCCOc3cc(C(=O)O)cc(OCCCCCC(CCCC)Oc4ccc(N=Nc5ccc(CCCCC)cc5)cc4)c3OCCCCCC(CCCC)Oc3ccc(N=Nc4ccc(CCCCC)cc4)cc3)cc2)cc1. The number of rotatable bonds is 55. The molecule has 7 rings (SSSR count). The summed E-state index contributed by atoms with van der Waals surface area (Å²) in [6.07, 6.45) is 34.6. The van der Waals surface area contributed by atoms with Crippen LogP contribution in [0.1, 0.15) is 261 Å². The van der Waals surface area contributed by atoms with Crippen molar-refractivity contribution in [3.63, 3.8) is 0 Å². The van der Waals surface area contributed by atoms with Gasteiger partial charge in [-0.2, -0.15) is 30.7 Å². The molecule has 1 N–H and O–H groups in total. The van der Waals surface area contributed by atoms with Gasteiger partial charge in [-0.15, -0.1) is 0 Å². The Balaban J connectivity index is 0.926. The summed E-state index contributed by atoms with van der Waals surface area (Å²) in [6.45, 7) is 14.5. The molecular weight excluding hydrogens is 1270 g/mol. The summed E-state index contributed by atoms with van der Waals surface area (Å²) in [6, 6.07) is 52.0. The largest absolute Gasteiger partial charge is 0.490 e. The van der Waals surface area contributed by atoms with Crippen LogP contribution in [0.2, 0.25) is 0 Å². The molecule has 0 heterocycles. The first kappa shape index (κ1) is 80.9. The molecule has 0 radical (unpaired) electrons. The summed E-state index contributed by atoms with van der Waals surface area (Å²) >= 11 is 0. The molecule has 0 fully saturated rings. The Morgan fingerprint density at radius 1 is 0.304 bits per heavy atom. The standard InChI is InChI=1S/C88H120N6O8/c1-7-13-22-31-69-40-46-73(47-41-69)89-92-76-52-58-82(59-53-76)100-79(34-16-10-4)37-25-19-28-64-97-85-67-72(88(95)96)68-86(98-65-29-20-26-38-80(35-17-11-5)101-83-60-54-77(55-61-83)93-90-74-48-42-70(43-49-74)32-23-14-8-2)87(85)99-66-30-21-27-39-81(36-18-12-6)102-84-62-56-78(57-63-84)94-91-75-50-44-71(45-51-75)33-24-15-9-3/h40-63,67-68,79-81H,7-39,64-66H2,1-6H3,(H,95,96). The van der Waals surface area contributed by atoms with Gasteiger partial charge in [0.1, 0.15) is 17.2 Å². The van der Waals surface area contributed by atoms with Crippen LogP contribution in [0.5, 0.6) is 34.5 Å². The van der Waals surface area contributed by atoms with Crippen LogP contribution in [0.25, 0.3) is 0 Å². The zero-order chi connectivity index (χ0) is 71.9. The van der Waals surface area contributed by atoms with E-state index in [0.29, 0.717) is 37.1 Å². The molecule has 550 valence electrons. The van der Waals surface area contributed by atoms with Crippen LogP contribution in [0.15, 0.2) is 188 Å². The molecule has 102 heavy (non-hydrogen) atoms. The number of hydrogen-bond donors (Lipinski definition) is 1. The average molecular weight is 1390 g/mol. The summed E-state index contributed by atoms with van der Waals surface area (Å²) in [4.78, 5) is 12.8. The van der Waals surface area contributed by atoms with E-state index < -0.39 is 5.97 Å². The average Bonchev–Trinajstić information content (AvgIpc) is 0.819. The van der Waals surface area contributed by atoms with Crippen LogP contribution in [0, 0.1) is 0 Å². The van der Waals surface area contributed by atoms with Crippen molar-refractivity contribution in [1.29, 1.82) is 0 Å². The first-order valence-corrected chi connectivity index (χ1v) is 39.3. The van der Waals surface area contributed by atoms with Gasteiger partial charge >= 0.3 is 5.97 Å².